The molecule has 0 saturated carbocycles. The molecule has 2 atom stereocenters. The highest BCUT2D eigenvalue weighted by atomic mass is 35.5. The highest BCUT2D eigenvalue weighted by Gasteiger charge is 2.26. The summed E-state index contributed by atoms with van der Waals surface area (Å²) in [6.07, 6.45) is 1.25. The minimum atomic E-state index is 0. The van der Waals surface area contributed by atoms with Gasteiger partial charge in [-0.2, -0.15) is 11.3 Å². The Labute approximate surface area is 127 Å². The smallest absolute Gasteiger partial charge is 0.0382 e. The Bertz CT molecular complexity index is 300. The standard InChI is InChI=1S/C13H22N2S.2ClH/c1-3-11(2)13(12-4-9-16-10-12)15-7-5-14-6-8-15;;/h4,9-11,13-14H,3,5-8H2,1-2H3;2*1H/t11?,13-;;/m1../s1. The van der Waals surface area contributed by atoms with Crippen molar-refractivity contribution in [3.8, 4) is 0 Å². The van der Waals surface area contributed by atoms with E-state index in [-0.39, 0.29) is 24.8 Å². The second-order valence-electron chi connectivity index (χ2n) is 4.67. The molecule has 1 aromatic rings. The van der Waals surface area contributed by atoms with Gasteiger partial charge in [0.05, 0.1) is 0 Å². The third-order valence-electron chi connectivity index (χ3n) is 3.61. The molecule has 0 bridgehead atoms. The molecule has 2 nitrogen and oxygen atoms in total. The van der Waals surface area contributed by atoms with Gasteiger partial charge in [-0.3, -0.25) is 4.90 Å². The Morgan fingerprint density at radius 1 is 1.33 bits per heavy atom. The van der Waals surface area contributed by atoms with Crippen molar-refractivity contribution in [2.45, 2.75) is 26.3 Å². The summed E-state index contributed by atoms with van der Waals surface area (Å²) in [6.45, 7) is 9.32. The second kappa shape index (κ2) is 9.16. The van der Waals surface area contributed by atoms with Gasteiger partial charge in [0.25, 0.3) is 0 Å². The molecule has 1 unspecified atom stereocenters. The van der Waals surface area contributed by atoms with Gasteiger partial charge in [0.1, 0.15) is 0 Å². The van der Waals surface area contributed by atoms with Gasteiger partial charge in [0, 0.05) is 32.2 Å². The van der Waals surface area contributed by atoms with Crippen LogP contribution in [0.15, 0.2) is 16.8 Å². The van der Waals surface area contributed by atoms with Gasteiger partial charge in [0.15, 0.2) is 0 Å². The maximum absolute atomic E-state index is 3.43. The number of piperazine rings is 1. The van der Waals surface area contributed by atoms with Gasteiger partial charge in [-0.05, 0) is 28.3 Å². The van der Waals surface area contributed by atoms with Crippen LogP contribution in [0.5, 0.6) is 0 Å². The van der Waals surface area contributed by atoms with Crippen LogP contribution in [-0.2, 0) is 0 Å². The number of nitrogens with one attached hydrogen (secondary N) is 1. The van der Waals surface area contributed by atoms with Crippen LogP contribution in [0.2, 0.25) is 0 Å². The fourth-order valence-electron chi connectivity index (χ4n) is 2.53. The summed E-state index contributed by atoms with van der Waals surface area (Å²) in [5.74, 6) is 0.743. The maximum Gasteiger partial charge on any atom is 0.0382 e. The van der Waals surface area contributed by atoms with E-state index in [0.29, 0.717) is 6.04 Å². The Morgan fingerprint density at radius 2 is 2.00 bits per heavy atom. The zero-order valence-corrected chi connectivity index (χ0v) is 13.5. The Morgan fingerprint density at radius 3 is 2.50 bits per heavy atom. The predicted octanol–water partition coefficient (Wildman–Crippen LogP) is 3.58. The quantitative estimate of drug-likeness (QED) is 0.914. The van der Waals surface area contributed by atoms with Crippen molar-refractivity contribution in [2.75, 3.05) is 26.2 Å². The van der Waals surface area contributed by atoms with Gasteiger partial charge in [-0.25, -0.2) is 0 Å². The van der Waals surface area contributed by atoms with Crippen molar-refractivity contribution in [1.82, 2.24) is 10.2 Å². The highest BCUT2D eigenvalue weighted by Crippen LogP contribution is 2.32. The summed E-state index contributed by atoms with van der Waals surface area (Å²) in [7, 11) is 0. The molecule has 0 spiro atoms. The van der Waals surface area contributed by atoms with E-state index in [1.54, 1.807) is 0 Å². The lowest BCUT2D eigenvalue weighted by atomic mass is 9.92. The SMILES string of the molecule is CCC(C)[C@H](c1ccsc1)N1CCNCC1.Cl.Cl. The van der Waals surface area contributed by atoms with E-state index in [1.807, 2.05) is 11.3 Å². The van der Waals surface area contributed by atoms with E-state index >= 15 is 0 Å². The molecule has 1 fully saturated rings. The lowest BCUT2D eigenvalue weighted by Gasteiger charge is -2.38. The first-order valence-electron chi connectivity index (χ1n) is 6.29. The highest BCUT2D eigenvalue weighted by molar-refractivity contribution is 7.07. The van der Waals surface area contributed by atoms with Gasteiger partial charge < -0.3 is 5.32 Å². The van der Waals surface area contributed by atoms with Crippen LogP contribution in [0.25, 0.3) is 0 Å². The fraction of sp³-hybridized carbons (Fsp3) is 0.692. The summed E-state index contributed by atoms with van der Waals surface area (Å²) in [5, 5.41) is 7.95. The molecule has 1 saturated heterocycles. The fourth-order valence-corrected chi connectivity index (χ4v) is 3.22. The molecule has 2 rings (SSSR count). The molecule has 1 N–H and O–H groups in total. The zero-order chi connectivity index (χ0) is 11.4. The Kier molecular flexibility index (Phi) is 9.26. The number of hydrogen-bond donors (Lipinski definition) is 1. The Hall–Kier alpha value is 0.200. The third kappa shape index (κ3) is 4.39. The van der Waals surface area contributed by atoms with Crippen LogP contribution in [0.3, 0.4) is 0 Å². The molecule has 2 heterocycles. The van der Waals surface area contributed by atoms with Crippen LogP contribution >= 0.6 is 36.2 Å². The molecule has 106 valence electrons. The van der Waals surface area contributed by atoms with Crippen molar-refractivity contribution in [3.05, 3.63) is 22.4 Å². The van der Waals surface area contributed by atoms with Gasteiger partial charge in [0.2, 0.25) is 0 Å². The molecule has 0 radical (unpaired) electrons. The van der Waals surface area contributed by atoms with Crippen molar-refractivity contribution in [1.29, 1.82) is 0 Å². The van der Waals surface area contributed by atoms with Crippen LogP contribution in [0.1, 0.15) is 31.9 Å². The lowest BCUT2D eigenvalue weighted by Crippen LogP contribution is -2.46. The lowest BCUT2D eigenvalue weighted by molar-refractivity contribution is 0.129. The van der Waals surface area contributed by atoms with Crippen molar-refractivity contribution < 1.29 is 0 Å². The summed E-state index contributed by atoms with van der Waals surface area (Å²) in [4.78, 5) is 2.65. The first-order valence-corrected chi connectivity index (χ1v) is 7.24. The van der Waals surface area contributed by atoms with Crippen molar-refractivity contribution >= 4 is 36.2 Å². The summed E-state index contributed by atoms with van der Waals surface area (Å²) >= 11 is 1.82. The monoisotopic (exact) mass is 310 g/mol. The number of rotatable bonds is 4. The molecule has 0 amide bonds. The molecule has 1 aromatic heterocycles. The zero-order valence-electron chi connectivity index (χ0n) is 11.1. The van der Waals surface area contributed by atoms with E-state index < -0.39 is 0 Å². The largest absolute Gasteiger partial charge is 0.314 e. The predicted molar refractivity (Wildman–Crippen MR) is 85.5 cm³/mol. The number of halogens is 2. The van der Waals surface area contributed by atoms with Gasteiger partial charge >= 0.3 is 0 Å². The summed E-state index contributed by atoms with van der Waals surface area (Å²) in [6, 6.07) is 2.92. The first kappa shape index (κ1) is 18.2. The van der Waals surface area contributed by atoms with Crippen molar-refractivity contribution in [2.24, 2.45) is 5.92 Å². The van der Waals surface area contributed by atoms with E-state index in [2.05, 4.69) is 40.9 Å². The summed E-state index contributed by atoms with van der Waals surface area (Å²) in [5.41, 5.74) is 1.52. The van der Waals surface area contributed by atoms with Crippen LogP contribution in [-0.4, -0.2) is 31.1 Å². The molecule has 1 aliphatic heterocycles. The molecule has 0 aliphatic carbocycles. The van der Waals surface area contributed by atoms with Gasteiger partial charge in [-0.1, -0.05) is 20.3 Å². The molecule has 1 aliphatic rings. The van der Waals surface area contributed by atoms with E-state index in [1.165, 1.54) is 25.1 Å². The number of hydrogen-bond acceptors (Lipinski definition) is 3. The molecule has 0 aromatic carbocycles. The van der Waals surface area contributed by atoms with E-state index in [0.717, 1.165) is 19.0 Å². The van der Waals surface area contributed by atoms with Gasteiger partial charge in [-0.15, -0.1) is 24.8 Å². The van der Waals surface area contributed by atoms with Crippen LogP contribution < -0.4 is 5.32 Å². The Balaban J connectivity index is 0.00000144. The maximum atomic E-state index is 3.43. The minimum absolute atomic E-state index is 0. The minimum Gasteiger partial charge on any atom is -0.314 e. The second-order valence-corrected chi connectivity index (χ2v) is 5.45. The first-order chi connectivity index (χ1) is 7.83. The average Bonchev–Trinajstić information content (AvgIpc) is 2.84. The normalized spacial score (nSPS) is 19.4. The molecule has 5 heteroatoms. The molecular weight excluding hydrogens is 287 g/mol. The van der Waals surface area contributed by atoms with E-state index in [9.17, 15) is 0 Å². The summed E-state index contributed by atoms with van der Waals surface area (Å²) < 4.78 is 0. The van der Waals surface area contributed by atoms with Crippen LogP contribution in [0, 0.1) is 5.92 Å². The molecule has 18 heavy (non-hydrogen) atoms. The average molecular weight is 311 g/mol. The number of nitrogens with zero attached hydrogens (tertiary/aromatic N) is 1. The van der Waals surface area contributed by atoms with Crippen molar-refractivity contribution in [3.63, 3.8) is 0 Å². The molecular formula is C13H24Cl2N2S. The third-order valence-corrected chi connectivity index (χ3v) is 4.31. The topological polar surface area (TPSA) is 15.3 Å². The van der Waals surface area contributed by atoms with Crippen LogP contribution in [0.4, 0.5) is 0 Å². The number of thiophene rings is 1. The van der Waals surface area contributed by atoms with E-state index in [4.69, 9.17) is 0 Å².